The van der Waals surface area contributed by atoms with Crippen LogP contribution in [0.5, 0.6) is 11.5 Å². The van der Waals surface area contributed by atoms with E-state index in [4.69, 9.17) is 21.1 Å². The Morgan fingerprint density at radius 1 is 1.16 bits per heavy atom. The van der Waals surface area contributed by atoms with Crippen LogP contribution < -0.4 is 14.8 Å². The van der Waals surface area contributed by atoms with E-state index in [9.17, 15) is 4.79 Å². The summed E-state index contributed by atoms with van der Waals surface area (Å²) in [7, 11) is 1.61. The monoisotopic (exact) mass is 361 g/mol. The fraction of sp³-hybridized carbons (Fsp3) is 0.350. The fourth-order valence-corrected chi connectivity index (χ4v) is 2.62. The third-order valence-electron chi connectivity index (χ3n) is 3.76. The van der Waals surface area contributed by atoms with Crippen molar-refractivity contribution in [1.82, 2.24) is 5.32 Å². The molecular weight excluding hydrogens is 338 g/mol. The second-order valence-corrected chi connectivity index (χ2v) is 6.11. The summed E-state index contributed by atoms with van der Waals surface area (Å²) in [6, 6.07) is 13.3. The van der Waals surface area contributed by atoms with Crippen LogP contribution in [0.15, 0.2) is 42.5 Å². The van der Waals surface area contributed by atoms with Crippen LogP contribution in [0.3, 0.4) is 0 Å². The Labute approximate surface area is 154 Å². The molecule has 1 N–H and O–H groups in total. The molecule has 0 heterocycles. The molecule has 134 valence electrons. The van der Waals surface area contributed by atoms with Crippen molar-refractivity contribution in [3.8, 4) is 11.5 Å². The van der Waals surface area contributed by atoms with Crippen molar-refractivity contribution in [3.63, 3.8) is 0 Å². The summed E-state index contributed by atoms with van der Waals surface area (Å²) in [6.07, 6.45) is 1.96. The molecule has 0 aliphatic heterocycles. The van der Waals surface area contributed by atoms with Gasteiger partial charge in [0.2, 0.25) is 5.91 Å². The van der Waals surface area contributed by atoms with E-state index in [-0.39, 0.29) is 5.91 Å². The standard InChI is InChI=1S/C20H24ClNO3/c1-3-12-25-18-10-8-15(13-19(18)24-2)14-22-20(23)11-9-16-6-4-5-7-17(16)21/h4-8,10,13H,3,9,11-12,14H2,1-2H3,(H,22,23). The number of methoxy groups -OCH3 is 1. The summed E-state index contributed by atoms with van der Waals surface area (Å²) in [5.74, 6) is 1.39. The van der Waals surface area contributed by atoms with Gasteiger partial charge in [0.1, 0.15) is 0 Å². The molecule has 0 bridgehead atoms. The van der Waals surface area contributed by atoms with Crippen molar-refractivity contribution in [3.05, 3.63) is 58.6 Å². The largest absolute Gasteiger partial charge is 0.493 e. The maximum atomic E-state index is 12.1. The lowest BCUT2D eigenvalue weighted by Crippen LogP contribution is -2.23. The van der Waals surface area contributed by atoms with Crippen LogP contribution in [0.25, 0.3) is 0 Å². The van der Waals surface area contributed by atoms with Crippen LogP contribution in [0.2, 0.25) is 5.02 Å². The minimum absolute atomic E-state index is 0.00908. The van der Waals surface area contributed by atoms with Gasteiger partial charge < -0.3 is 14.8 Å². The summed E-state index contributed by atoms with van der Waals surface area (Å²) in [5, 5.41) is 3.62. The van der Waals surface area contributed by atoms with Crippen molar-refractivity contribution in [2.45, 2.75) is 32.7 Å². The molecule has 0 aliphatic carbocycles. The molecule has 5 heteroatoms. The second-order valence-electron chi connectivity index (χ2n) is 5.70. The number of benzene rings is 2. The summed E-state index contributed by atoms with van der Waals surface area (Å²) in [6.45, 7) is 3.15. The van der Waals surface area contributed by atoms with Crippen LogP contribution in [-0.4, -0.2) is 19.6 Å². The van der Waals surface area contributed by atoms with E-state index in [1.165, 1.54) is 0 Å². The highest BCUT2D eigenvalue weighted by Gasteiger charge is 2.08. The Morgan fingerprint density at radius 3 is 2.68 bits per heavy atom. The molecule has 0 unspecified atom stereocenters. The average molecular weight is 362 g/mol. The highest BCUT2D eigenvalue weighted by atomic mass is 35.5. The number of carbonyl (C=O) groups excluding carboxylic acids is 1. The van der Waals surface area contributed by atoms with Crippen LogP contribution in [-0.2, 0) is 17.8 Å². The van der Waals surface area contributed by atoms with Crippen molar-refractivity contribution in [1.29, 1.82) is 0 Å². The zero-order chi connectivity index (χ0) is 18.1. The van der Waals surface area contributed by atoms with Gasteiger partial charge in [0.05, 0.1) is 13.7 Å². The number of hydrogen-bond acceptors (Lipinski definition) is 3. The summed E-state index contributed by atoms with van der Waals surface area (Å²) in [4.78, 5) is 12.1. The SMILES string of the molecule is CCCOc1ccc(CNC(=O)CCc2ccccc2Cl)cc1OC. The Bertz CT molecular complexity index is 703. The van der Waals surface area contributed by atoms with Crippen LogP contribution in [0.4, 0.5) is 0 Å². The van der Waals surface area contributed by atoms with Crippen molar-refractivity contribution < 1.29 is 14.3 Å². The number of aryl methyl sites for hydroxylation is 1. The van der Waals surface area contributed by atoms with E-state index in [1.807, 2.05) is 42.5 Å². The molecule has 25 heavy (non-hydrogen) atoms. The molecule has 4 nitrogen and oxygen atoms in total. The van der Waals surface area contributed by atoms with Crippen molar-refractivity contribution in [2.75, 3.05) is 13.7 Å². The highest BCUT2D eigenvalue weighted by molar-refractivity contribution is 6.31. The number of nitrogens with one attached hydrogen (secondary N) is 1. The van der Waals surface area contributed by atoms with E-state index in [2.05, 4.69) is 12.2 Å². The molecule has 0 aliphatic rings. The third-order valence-corrected chi connectivity index (χ3v) is 4.13. The lowest BCUT2D eigenvalue weighted by Gasteiger charge is -2.12. The molecule has 0 saturated carbocycles. The van der Waals surface area contributed by atoms with Crippen molar-refractivity contribution >= 4 is 17.5 Å². The number of rotatable bonds is 9. The zero-order valence-corrected chi connectivity index (χ0v) is 15.4. The molecule has 2 aromatic rings. The lowest BCUT2D eigenvalue weighted by atomic mass is 10.1. The Hall–Kier alpha value is -2.20. The summed E-state index contributed by atoms with van der Waals surface area (Å²) >= 11 is 6.11. The smallest absolute Gasteiger partial charge is 0.220 e. The predicted octanol–water partition coefficient (Wildman–Crippen LogP) is 4.39. The quantitative estimate of drug-likeness (QED) is 0.720. The first kappa shape index (κ1) is 19.1. The van der Waals surface area contributed by atoms with E-state index < -0.39 is 0 Å². The maximum absolute atomic E-state index is 12.1. The molecule has 0 saturated heterocycles. The molecule has 1 amide bonds. The minimum Gasteiger partial charge on any atom is -0.493 e. The highest BCUT2D eigenvalue weighted by Crippen LogP contribution is 2.28. The average Bonchev–Trinajstić information content (AvgIpc) is 2.64. The predicted molar refractivity (Wildman–Crippen MR) is 100 cm³/mol. The number of carbonyl (C=O) groups is 1. The van der Waals surface area contributed by atoms with E-state index in [1.54, 1.807) is 7.11 Å². The van der Waals surface area contributed by atoms with E-state index in [0.29, 0.717) is 36.8 Å². The van der Waals surface area contributed by atoms with Gasteiger partial charge in [-0.25, -0.2) is 0 Å². The van der Waals surface area contributed by atoms with Crippen LogP contribution in [0.1, 0.15) is 30.9 Å². The molecule has 2 rings (SSSR count). The number of hydrogen-bond donors (Lipinski definition) is 1. The Morgan fingerprint density at radius 2 is 1.96 bits per heavy atom. The Balaban J connectivity index is 1.85. The molecule has 0 atom stereocenters. The molecule has 0 spiro atoms. The van der Waals surface area contributed by atoms with Gasteiger partial charge in [0.15, 0.2) is 11.5 Å². The first-order valence-electron chi connectivity index (χ1n) is 8.43. The topological polar surface area (TPSA) is 47.6 Å². The summed E-state index contributed by atoms with van der Waals surface area (Å²) in [5.41, 5.74) is 1.95. The minimum atomic E-state index is -0.00908. The molecular formula is C20H24ClNO3. The third kappa shape index (κ3) is 5.98. The summed E-state index contributed by atoms with van der Waals surface area (Å²) < 4.78 is 11.0. The van der Waals surface area contributed by atoms with Gasteiger partial charge in [0.25, 0.3) is 0 Å². The van der Waals surface area contributed by atoms with Gasteiger partial charge in [-0.3, -0.25) is 4.79 Å². The van der Waals surface area contributed by atoms with E-state index >= 15 is 0 Å². The number of ether oxygens (including phenoxy) is 2. The van der Waals surface area contributed by atoms with E-state index in [0.717, 1.165) is 23.3 Å². The first-order valence-corrected chi connectivity index (χ1v) is 8.81. The number of amides is 1. The molecule has 0 radical (unpaired) electrons. The molecule has 0 fully saturated rings. The maximum Gasteiger partial charge on any atom is 0.220 e. The molecule has 0 aromatic heterocycles. The fourth-order valence-electron chi connectivity index (χ4n) is 2.39. The van der Waals surface area contributed by atoms with Gasteiger partial charge in [-0.05, 0) is 42.2 Å². The second kappa shape index (κ2) is 9.94. The Kier molecular flexibility index (Phi) is 7.61. The van der Waals surface area contributed by atoms with Gasteiger partial charge >= 0.3 is 0 Å². The first-order chi connectivity index (χ1) is 12.1. The van der Waals surface area contributed by atoms with Gasteiger partial charge in [-0.2, -0.15) is 0 Å². The lowest BCUT2D eigenvalue weighted by molar-refractivity contribution is -0.121. The van der Waals surface area contributed by atoms with Gasteiger partial charge in [0, 0.05) is 18.0 Å². The van der Waals surface area contributed by atoms with Crippen LogP contribution in [0, 0.1) is 0 Å². The van der Waals surface area contributed by atoms with Crippen LogP contribution >= 0.6 is 11.6 Å². The number of halogens is 1. The van der Waals surface area contributed by atoms with Gasteiger partial charge in [-0.1, -0.05) is 42.8 Å². The molecule has 2 aromatic carbocycles. The normalized spacial score (nSPS) is 10.4. The zero-order valence-electron chi connectivity index (χ0n) is 14.7. The van der Waals surface area contributed by atoms with Gasteiger partial charge in [-0.15, -0.1) is 0 Å². The van der Waals surface area contributed by atoms with Crippen molar-refractivity contribution in [2.24, 2.45) is 0 Å².